The summed E-state index contributed by atoms with van der Waals surface area (Å²) in [5.74, 6) is 2.98. The number of furan rings is 1. The first-order chi connectivity index (χ1) is 12.7. The highest BCUT2D eigenvalue weighted by Crippen LogP contribution is 2.47. The van der Waals surface area contributed by atoms with Crippen molar-refractivity contribution in [1.29, 1.82) is 0 Å². The molecule has 1 amide bonds. The van der Waals surface area contributed by atoms with Gasteiger partial charge in [-0.05, 0) is 56.6 Å². The van der Waals surface area contributed by atoms with E-state index in [0.717, 1.165) is 50.2 Å². The van der Waals surface area contributed by atoms with Crippen molar-refractivity contribution in [2.45, 2.75) is 69.1 Å². The molecule has 5 rings (SSSR count). The normalized spacial score (nSPS) is 28.4. The topological polar surface area (TPSA) is 80.3 Å². The number of nitrogens with one attached hydrogen (secondary N) is 1. The number of carbonyl (C=O) groups excluding carboxylic acids is 1. The summed E-state index contributed by atoms with van der Waals surface area (Å²) in [4.78, 5) is 12.9. The Morgan fingerprint density at radius 3 is 2.77 bits per heavy atom. The van der Waals surface area contributed by atoms with Crippen molar-refractivity contribution >= 4 is 5.91 Å². The first-order valence-electron chi connectivity index (χ1n) is 9.77. The molecule has 138 valence electrons. The zero-order chi connectivity index (χ0) is 17.7. The Labute approximate surface area is 152 Å². The van der Waals surface area contributed by atoms with Gasteiger partial charge in [0, 0.05) is 30.8 Å². The third-order valence-electron chi connectivity index (χ3n) is 5.90. The van der Waals surface area contributed by atoms with Gasteiger partial charge in [0.15, 0.2) is 0 Å². The predicted molar refractivity (Wildman–Crippen MR) is 94.9 cm³/mol. The number of hydrogen-bond acceptors (Lipinski definition) is 4. The Morgan fingerprint density at radius 2 is 2.08 bits per heavy atom. The average Bonchev–Trinajstić information content (AvgIpc) is 3.53. The van der Waals surface area contributed by atoms with E-state index < -0.39 is 6.10 Å². The summed E-state index contributed by atoms with van der Waals surface area (Å²) in [6.45, 7) is 0.779. The largest absolute Gasteiger partial charge is 0.465 e. The monoisotopic (exact) mass is 355 g/mol. The summed E-state index contributed by atoms with van der Waals surface area (Å²) < 4.78 is 7.93. The molecule has 2 aromatic rings. The van der Waals surface area contributed by atoms with E-state index in [1.807, 2.05) is 23.0 Å². The third-order valence-corrected chi connectivity index (χ3v) is 5.90. The summed E-state index contributed by atoms with van der Waals surface area (Å²) in [5.41, 5.74) is 0.692. The number of hydrogen-bond donors (Lipinski definition) is 2. The maximum atomic E-state index is 12.9. The Kier molecular flexibility index (Phi) is 3.89. The van der Waals surface area contributed by atoms with Crippen LogP contribution in [0.1, 0.15) is 72.2 Å². The molecule has 3 fully saturated rings. The molecule has 0 bridgehead atoms. The van der Waals surface area contributed by atoms with Crippen LogP contribution in [0.4, 0.5) is 0 Å². The fraction of sp³-hybridized carbons (Fsp3) is 0.600. The van der Waals surface area contributed by atoms with Crippen molar-refractivity contribution in [3.63, 3.8) is 0 Å². The number of nitrogens with zero attached hydrogens (tertiary/aromatic N) is 2. The average molecular weight is 355 g/mol. The molecule has 0 aromatic carbocycles. The van der Waals surface area contributed by atoms with Crippen molar-refractivity contribution in [1.82, 2.24) is 15.1 Å². The van der Waals surface area contributed by atoms with Crippen molar-refractivity contribution in [3.05, 3.63) is 41.6 Å². The Morgan fingerprint density at radius 1 is 1.27 bits per heavy atom. The van der Waals surface area contributed by atoms with Gasteiger partial charge in [0.1, 0.15) is 11.5 Å². The van der Waals surface area contributed by atoms with E-state index in [0.29, 0.717) is 29.7 Å². The van der Waals surface area contributed by atoms with Crippen LogP contribution >= 0.6 is 0 Å². The lowest BCUT2D eigenvalue weighted by molar-refractivity contribution is 0.0870. The fourth-order valence-electron chi connectivity index (χ4n) is 4.16. The van der Waals surface area contributed by atoms with E-state index in [-0.39, 0.29) is 11.9 Å². The number of rotatable bonds is 6. The van der Waals surface area contributed by atoms with E-state index >= 15 is 0 Å². The summed E-state index contributed by atoms with van der Waals surface area (Å²) in [6.07, 6.45) is 9.21. The van der Waals surface area contributed by atoms with Crippen LogP contribution in [0.2, 0.25) is 0 Å². The lowest BCUT2D eigenvalue weighted by Crippen LogP contribution is -2.40. The molecule has 2 heterocycles. The van der Waals surface area contributed by atoms with Crippen molar-refractivity contribution in [2.24, 2.45) is 5.92 Å². The predicted octanol–water partition coefficient (Wildman–Crippen LogP) is 2.80. The van der Waals surface area contributed by atoms with Crippen LogP contribution in [0.15, 0.2) is 28.9 Å². The smallest absolute Gasteiger partial charge is 0.255 e. The van der Waals surface area contributed by atoms with Crippen LogP contribution in [0.25, 0.3) is 0 Å². The molecule has 2 N–H and O–H groups in total. The molecule has 26 heavy (non-hydrogen) atoms. The van der Waals surface area contributed by atoms with Gasteiger partial charge in [-0.15, -0.1) is 0 Å². The number of aromatic nitrogens is 2. The van der Waals surface area contributed by atoms with E-state index in [1.165, 1.54) is 0 Å². The van der Waals surface area contributed by atoms with Gasteiger partial charge in [0.25, 0.3) is 5.91 Å². The molecule has 2 aromatic heterocycles. The molecule has 0 radical (unpaired) electrons. The summed E-state index contributed by atoms with van der Waals surface area (Å²) in [6, 6.07) is 3.65. The molecule has 6 heteroatoms. The molecule has 3 aliphatic rings. The second kappa shape index (κ2) is 6.27. The Hall–Kier alpha value is -2.08. The zero-order valence-corrected chi connectivity index (χ0v) is 14.8. The number of aliphatic hydroxyl groups excluding tert-OH is 1. The van der Waals surface area contributed by atoms with Crippen LogP contribution in [-0.2, 0) is 6.54 Å². The van der Waals surface area contributed by atoms with Gasteiger partial charge >= 0.3 is 0 Å². The first-order valence-corrected chi connectivity index (χ1v) is 9.77. The van der Waals surface area contributed by atoms with Crippen LogP contribution in [0.3, 0.4) is 0 Å². The second-order valence-electron chi connectivity index (χ2n) is 8.19. The summed E-state index contributed by atoms with van der Waals surface area (Å²) in [7, 11) is 0. The van der Waals surface area contributed by atoms with Gasteiger partial charge in [-0.2, -0.15) is 5.10 Å². The fourth-order valence-corrected chi connectivity index (χ4v) is 4.16. The van der Waals surface area contributed by atoms with Crippen LogP contribution in [-0.4, -0.2) is 32.9 Å². The maximum absolute atomic E-state index is 12.9. The first kappa shape index (κ1) is 16.1. The van der Waals surface area contributed by atoms with E-state index in [1.54, 1.807) is 6.20 Å². The molecule has 6 nitrogen and oxygen atoms in total. The van der Waals surface area contributed by atoms with Crippen LogP contribution in [0, 0.1) is 5.92 Å². The molecule has 3 aliphatic carbocycles. The summed E-state index contributed by atoms with van der Waals surface area (Å²) >= 11 is 0. The molecular weight excluding hydrogens is 330 g/mol. The molecule has 1 unspecified atom stereocenters. The minimum Gasteiger partial charge on any atom is -0.465 e. The SMILES string of the molecule is O=C(N[C@@H]1CC(Cn2cccn2)C[C@H]1O)c1cc(C2CC2)oc1C1CC1. The van der Waals surface area contributed by atoms with Gasteiger partial charge in [0.2, 0.25) is 0 Å². The van der Waals surface area contributed by atoms with Gasteiger partial charge < -0.3 is 14.8 Å². The summed E-state index contributed by atoms with van der Waals surface area (Å²) in [5, 5.41) is 17.7. The van der Waals surface area contributed by atoms with Crippen molar-refractivity contribution in [3.8, 4) is 0 Å². The minimum absolute atomic E-state index is 0.0914. The highest BCUT2D eigenvalue weighted by atomic mass is 16.3. The molecule has 0 spiro atoms. The van der Waals surface area contributed by atoms with E-state index in [4.69, 9.17) is 4.42 Å². The van der Waals surface area contributed by atoms with Gasteiger partial charge in [-0.3, -0.25) is 9.48 Å². The van der Waals surface area contributed by atoms with Gasteiger partial charge in [-0.1, -0.05) is 0 Å². The molecule has 3 atom stereocenters. The minimum atomic E-state index is -0.501. The second-order valence-corrected chi connectivity index (χ2v) is 8.19. The zero-order valence-electron chi connectivity index (χ0n) is 14.8. The Balaban J connectivity index is 1.26. The Bertz CT molecular complexity index is 789. The van der Waals surface area contributed by atoms with Crippen molar-refractivity contribution in [2.75, 3.05) is 0 Å². The van der Waals surface area contributed by atoms with Crippen LogP contribution < -0.4 is 5.32 Å². The van der Waals surface area contributed by atoms with E-state index in [9.17, 15) is 9.90 Å². The molecular formula is C20H25N3O3. The maximum Gasteiger partial charge on any atom is 0.255 e. The molecule has 0 saturated heterocycles. The standard InChI is InChI=1S/C20H25N3O3/c24-17-9-12(11-23-7-1-6-21-23)8-16(17)22-20(25)15-10-18(13-2-3-13)26-19(15)14-4-5-14/h1,6-7,10,12-14,16-17,24H,2-5,8-9,11H2,(H,22,25)/t12?,16-,17-/m1/s1. The molecule has 3 saturated carbocycles. The highest BCUT2D eigenvalue weighted by molar-refractivity contribution is 5.96. The number of amides is 1. The van der Waals surface area contributed by atoms with Gasteiger partial charge in [-0.25, -0.2) is 0 Å². The quantitative estimate of drug-likeness (QED) is 0.835. The van der Waals surface area contributed by atoms with Crippen molar-refractivity contribution < 1.29 is 14.3 Å². The number of carbonyl (C=O) groups is 1. The lowest BCUT2D eigenvalue weighted by Gasteiger charge is -2.16. The lowest BCUT2D eigenvalue weighted by atomic mass is 10.1. The highest BCUT2D eigenvalue weighted by Gasteiger charge is 2.38. The molecule has 0 aliphatic heterocycles. The third kappa shape index (κ3) is 3.18. The van der Waals surface area contributed by atoms with Crippen LogP contribution in [0.5, 0.6) is 0 Å². The van der Waals surface area contributed by atoms with Gasteiger partial charge in [0.05, 0.1) is 17.7 Å². The number of aliphatic hydroxyl groups is 1. The van der Waals surface area contributed by atoms with E-state index in [2.05, 4.69) is 10.4 Å².